The molecule has 196 valence electrons. The molecule has 37 heavy (non-hydrogen) atoms. The molecule has 4 heterocycles. The van der Waals surface area contributed by atoms with Gasteiger partial charge in [-0.05, 0) is 81.8 Å². The van der Waals surface area contributed by atoms with Crippen LogP contribution < -0.4 is 0 Å². The standard InChI is InChI=1S/C29H37N5O3/c1-5-22-14-20(15-23(6-2)31-22)11-12-29(21-9-7-8-10-21)17-25(35)24(27(36)37-29)16-26-32-28-30-18(3)13-19(4)34(28)33-26/h13-15,21,24H,5-12,16-17H2,1-4H3/t24?,29-/m1/s1/i3D3,4D3,11D2,12D2,13D,16D2. The summed E-state index contributed by atoms with van der Waals surface area (Å²) in [5.74, 6) is -7.28. The summed E-state index contributed by atoms with van der Waals surface area (Å²) in [6.45, 7) is -2.54. The molecule has 1 saturated heterocycles. The van der Waals surface area contributed by atoms with E-state index in [-0.39, 0.29) is 5.56 Å². The van der Waals surface area contributed by atoms with E-state index in [2.05, 4.69) is 20.1 Å². The van der Waals surface area contributed by atoms with Crippen LogP contribution in [0.1, 0.15) is 104 Å². The van der Waals surface area contributed by atoms with Crippen molar-refractivity contribution >= 4 is 17.5 Å². The van der Waals surface area contributed by atoms with E-state index in [4.69, 9.17) is 19.8 Å². The van der Waals surface area contributed by atoms with Gasteiger partial charge in [0.15, 0.2) is 11.6 Å². The van der Waals surface area contributed by atoms with Gasteiger partial charge in [0, 0.05) is 52.0 Å². The number of carbonyl (C=O) groups excluding carboxylic acids is 2. The second-order valence-electron chi connectivity index (χ2n) is 9.39. The molecule has 3 aromatic rings. The van der Waals surface area contributed by atoms with Gasteiger partial charge in [0.1, 0.15) is 11.5 Å². The highest BCUT2D eigenvalue weighted by Gasteiger charge is 2.51. The van der Waals surface area contributed by atoms with Crippen molar-refractivity contribution in [2.24, 2.45) is 11.8 Å². The van der Waals surface area contributed by atoms with E-state index in [0.717, 1.165) is 0 Å². The Hall–Kier alpha value is -3.16. The van der Waals surface area contributed by atoms with Crippen LogP contribution in [0, 0.1) is 25.5 Å². The molecule has 3 aromatic heterocycles. The lowest BCUT2D eigenvalue weighted by Gasteiger charge is -2.43. The number of aryl methyl sites for hydroxylation is 5. The second kappa shape index (κ2) is 10.3. The van der Waals surface area contributed by atoms with Gasteiger partial charge in [0.05, 0.1) is 1.37 Å². The quantitative estimate of drug-likeness (QED) is 0.321. The minimum atomic E-state index is -3.13. The predicted octanol–water partition coefficient (Wildman–Crippen LogP) is 4.50. The van der Waals surface area contributed by atoms with Gasteiger partial charge in [0.25, 0.3) is 5.78 Å². The zero-order chi connectivity index (χ0) is 37.4. The molecule has 0 amide bonds. The molecule has 0 spiro atoms. The molecule has 8 heteroatoms. The smallest absolute Gasteiger partial charge is 0.317 e. The largest absolute Gasteiger partial charge is 0.458 e. The lowest BCUT2D eigenvalue weighted by molar-refractivity contribution is -0.185. The third kappa shape index (κ3) is 5.15. The summed E-state index contributed by atoms with van der Waals surface area (Å²) in [5, 5.41) is 3.86. The molecule has 1 aliphatic carbocycles. The number of Topliss-reactive ketones (excluding diaryl/α,β-unsaturated/α-hetero) is 1. The summed E-state index contributed by atoms with van der Waals surface area (Å²) in [6, 6.07) is 1.90. The first kappa shape index (κ1) is 14.1. The van der Waals surface area contributed by atoms with Crippen molar-refractivity contribution in [2.45, 2.75) is 97.2 Å². The summed E-state index contributed by atoms with van der Waals surface area (Å²) < 4.78 is 116. The number of rotatable bonds is 8. The van der Waals surface area contributed by atoms with Crippen molar-refractivity contribution < 1.29 is 32.1 Å². The van der Waals surface area contributed by atoms with Crippen LogP contribution in [-0.4, -0.2) is 41.9 Å². The summed E-state index contributed by atoms with van der Waals surface area (Å²) in [5.41, 5.74) is -3.16. The van der Waals surface area contributed by atoms with Gasteiger partial charge >= 0.3 is 5.97 Å². The van der Waals surface area contributed by atoms with Crippen LogP contribution >= 0.6 is 0 Å². The normalized spacial score (nSPS) is 29.7. The number of hydrogen-bond acceptors (Lipinski definition) is 7. The van der Waals surface area contributed by atoms with Gasteiger partial charge in [0.2, 0.25) is 0 Å². The fourth-order valence-electron chi connectivity index (χ4n) is 4.97. The summed E-state index contributed by atoms with van der Waals surface area (Å²) in [6.07, 6.45) is -7.07. The molecule has 0 radical (unpaired) electrons. The molecule has 1 unspecified atom stereocenters. The van der Waals surface area contributed by atoms with Crippen molar-refractivity contribution in [2.75, 3.05) is 0 Å². The topological polar surface area (TPSA) is 99.3 Å². The van der Waals surface area contributed by atoms with Crippen LogP contribution in [0.15, 0.2) is 18.2 Å². The molecule has 8 nitrogen and oxygen atoms in total. The number of ketones is 1. The van der Waals surface area contributed by atoms with Crippen LogP contribution in [0.2, 0.25) is 0 Å². The number of esters is 1. The van der Waals surface area contributed by atoms with Crippen molar-refractivity contribution in [3.8, 4) is 0 Å². The van der Waals surface area contributed by atoms with Crippen LogP contribution in [0.5, 0.6) is 0 Å². The first-order valence-electron chi connectivity index (χ1n) is 19.0. The summed E-state index contributed by atoms with van der Waals surface area (Å²) in [4.78, 5) is 40.1. The molecule has 1 saturated carbocycles. The van der Waals surface area contributed by atoms with Gasteiger partial charge in [-0.3, -0.25) is 14.6 Å². The van der Waals surface area contributed by atoms with Gasteiger partial charge in [-0.15, -0.1) is 5.10 Å². The maximum atomic E-state index is 14.1. The highest BCUT2D eigenvalue weighted by Crippen LogP contribution is 2.45. The van der Waals surface area contributed by atoms with Gasteiger partial charge < -0.3 is 4.74 Å². The molecular weight excluding hydrogens is 466 g/mol. The first-order chi connectivity index (χ1) is 22.9. The van der Waals surface area contributed by atoms with Crippen molar-refractivity contribution in [3.05, 3.63) is 52.3 Å². The Morgan fingerprint density at radius 1 is 1.14 bits per heavy atom. The number of ether oxygens (including phenoxy) is 1. The number of pyridine rings is 1. The predicted molar refractivity (Wildman–Crippen MR) is 139 cm³/mol. The third-order valence-electron chi connectivity index (χ3n) is 6.89. The van der Waals surface area contributed by atoms with Crippen LogP contribution in [-0.2, 0) is 39.9 Å². The van der Waals surface area contributed by atoms with Crippen LogP contribution in [0.4, 0.5) is 0 Å². The monoisotopic (exact) mass is 516 g/mol. The van der Waals surface area contributed by atoms with E-state index in [1.807, 2.05) is 13.8 Å². The van der Waals surface area contributed by atoms with Gasteiger partial charge in [-0.2, -0.15) is 4.98 Å². The van der Waals surface area contributed by atoms with Crippen LogP contribution in [0.3, 0.4) is 0 Å². The zero-order valence-electron chi connectivity index (χ0n) is 33.7. The molecule has 0 aromatic carbocycles. The fraction of sp³-hybridized carbons (Fsp3) is 0.586. The Bertz CT molecular complexity index is 1790. The van der Waals surface area contributed by atoms with Crippen molar-refractivity contribution in [1.82, 2.24) is 24.6 Å². The molecule has 2 fully saturated rings. The highest BCUT2D eigenvalue weighted by atomic mass is 16.6. The van der Waals surface area contributed by atoms with E-state index >= 15 is 0 Å². The fourth-order valence-corrected chi connectivity index (χ4v) is 4.97. The Balaban J connectivity index is 1.60. The molecule has 5 rings (SSSR count). The van der Waals surface area contributed by atoms with Crippen molar-refractivity contribution in [3.63, 3.8) is 0 Å². The molecular formula is C29H37N5O3. The molecule has 2 atom stereocenters. The summed E-state index contributed by atoms with van der Waals surface area (Å²) >= 11 is 0. The number of aromatic nitrogens is 5. The first-order valence-corrected chi connectivity index (χ1v) is 12.5. The second-order valence-corrected chi connectivity index (χ2v) is 9.39. The Kier molecular flexibility index (Phi) is 3.93. The minimum absolute atomic E-state index is 0.0406. The van der Waals surface area contributed by atoms with E-state index in [0.29, 0.717) is 54.4 Å². The number of hydrogen-bond donors (Lipinski definition) is 0. The van der Waals surface area contributed by atoms with Gasteiger partial charge in [-0.25, -0.2) is 9.50 Å². The molecule has 1 aliphatic heterocycles. The van der Waals surface area contributed by atoms with E-state index < -0.39 is 97.5 Å². The Morgan fingerprint density at radius 3 is 2.54 bits per heavy atom. The van der Waals surface area contributed by atoms with Gasteiger partial charge in [-0.1, -0.05) is 26.7 Å². The minimum Gasteiger partial charge on any atom is -0.458 e. The highest BCUT2D eigenvalue weighted by molar-refractivity contribution is 6.01. The lowest BCUT2D eigenvalue weighted by atomic mass is 9.73. The Morgan fingerprint density at radius 2 is 1.89 bits per heavy atom. The lowest BCUT2D eigenvalue weighted by Crippen LogP contribution is -2.52. The third-order valence-corrected chi connectivity index (χ3v) is 6.89. The summed E-state index contributed by atoms with van der Waals surface area (Å²) in [7, 11) is 0. The molecule has 0 bridgehead atoms. The van der Waals surface area contributed by atoms with Crippen LogP contribution in [0.25, 0.3) is 5.78 Å². The van der Waals surface area contributed by atoms with Crippen molar-refractivity contribution in [1.29, 1.82) is 0 Å². The van der Waals surface area contributed by atoms with E-state index in [1.165, 1.54) is 12.1 Å². The number of nitrogens with zero attached hydrogens (tertiary/aromatic N) is 5. The number of cyclic esters (lactones) is 1. The van der Waals surface area contributed by atoms with E-state index in [1.54, 1.807) is 0 Å². The maximum Gasteiger partial charge on any atom is 0.317 e. The zero-order valence-corrected chi connectivity index (χ0v) is 20.7. The average molecular weight is 517 g/mol. The average Bonchev–Trinajstić information content (AvgIpc) is 3.70. The van der Waals surface area contributed by atoms with E-state index in [9.17, 15) is 12.3 Å². The SMILES string of the molecule is [2H]c1c(C([2H])([2H])[2H])nc2nc(C([2H])([2H])C3C(=O)C[C@@](C4CCCC4)(C([2H])([2H])C([2H])([2H])c4cc(CC)nc(CC)c4)OC3=O)nn2c1C([2H])([2H])[2H]. The molecule has 0 N–H and O–H groups in total. The molecule has 2 aliphatic rings. The number of fused-ring (bicyclic) bond motifs is 1. The maximum absolute atomic E-state index is 14.1. The number of carbonyl (C=O) groups is 2. The Labute approximate surface area is 236 Å².